The van der Waals surface area contributed by atoms with E-state index in [-0.39, 0.29) is 0 Å². The summed E-state index contributed by atoms with van der Waals surface area (Å²) in [6, 6.07) is 35.1. The SMILES string of the molecule is Clc1ccccc1C1(c2ccccc2)c2ccccc2Oc2ccccc21. The minimum absolute atomic E-state index is 0.537. The summed E-state index contributed by atoms with van der Waals surface area (Å²) in [5, 5.41) is 0.743. The van der Waals surface area contributed by atoms with Crippen molar-refractivity contribution in [1.29, 1.82) is 0 Å². The summed E-state index contributed by atoms with van der Waals surface area (Å²) >= 11 is 6.79. The van der Waals surface area contributed by atoms with Crippen LogP contribution in [0.15, 0.2) is 103 Å². The first-order valence-electron chi connectivity index (χ1n) is 8.99. The Labute approximate surface area is 163 Å². The van der Waals surface area contributed by atoms with Crippen LogP contribution in [0.3, 0.4) is 0 Å². The molecule has 27 heavy (non-hydrogen) atoms. The Hall–Kier alpha value is -3.03. The van der Waals surface area contributed by atoms with Crippen molar-refractivity contribution < 1.29 is 4.74 Å². The first kappa shape index (κ1) is 16.2. The molecular weight excluding hydrogens is 352 g/mol. The van der Waals surface area contributed by atoms with Crippen molar-refractivity contribution in [2.75, 3.05) is 0 Å². The molecule has 0 amide bonds. The second-order valence-corrected chi connectivity index (χ2v) is 7.10. The predicted molar refractivity (Wildman–Crippen MR) is 110 cm³/mol. The molecule has 1 aliphatic heterocycles. The molecule has 0 fully saturated rings. The number of halogens is 1. The monoisotopic (exact) mass is 368 g/mol. The van der Waals surface area contributed by atoms with Crippen LogP contribution in [0.4, 0.5) is 0 Å². The molecular formula is C25H17ClO. The molecule has 0 aromatic heterocycles. The van der Waals surface area contributed by atoms with Gasteiger partial charge in [0, 0.05) is 16.1 Å². The Morgan fingerprint density at radius 2 is 1.00 bits per heavy atom. The minimum atomic E-state index is -0.537. The van der Waals surface area contributed by atoms with Gasteiger partial charge in [-0.25, -0.2) is 0 Å². The van der Waals surface area contributed by atoms with Gasteiger partial charge in [-0.1, -0.05) is 96.5 Å². The Morgan fingerprint density at radius 1 is 0.519 bits per heavy atom. The second-order valence-electron chi connectivity index (χ2n) is 6.69. The first-order valence-corrected chi connectivity index (χ1v) is 9.37. The van der Waals surface area contributed by atoms with Crippen LogP contribution in [-0.4, -0.2) is 0 Å². The van der Waals surface area contributed by atoms with Crippen molar-refractivity contribution in [2.24, 2.45) is 0 Å². The van der Waals surface area contributed by atoms with E-state index in [2.05, 4.69) is 54.6 Å². The zero-order valence-electron chi connectivity index (χ0n) is 14.6. The predicted octanol–water partition coefficient (Wildman–Crippen LogP) is 6.83. The lowest BCUT2D eigenvalue weighted by atomic mass is 9.63. The fraction of sp³-hybridized carbons (Fsp3) is 0.0400. The molecule has 1 aliphatic rings. The van der Waals surface area contributed by atoms with E-state index in [0.717, 1.165) is 33.2 Å². The molecule has 0 saturated heterocycles. The average Bonchev–Trinajstić information content (AvgIpc) is 2.73. The molecule has 4 aromatic rings. The lowest BCUT2D eigenvalue weighted by molar-refractivity contribution is 0.434. The van der Waals surface area contributed by atoms with Crippen LogP contribution in [0.2, 0.25) is 5.02 Å². The zero-order chi connectivity index (χ0) is 18.3. The molecule has 0 spiro atoms. The van der Waals surface area contributed by atoms with Crippen molar-refractivity contribution in [1.82, 2.24) is 0 Å². The highest BCUT2D eigenvalue weighted by molar-refractivity contribution is 6.31. The Balaban J connectivity index is 2.00. The van der Waals surface area contributed by atoms with Crippen LogP contribution in [-0.2, 0) is 5.41 Å². The van der Waals surface area contributed by atoms with Crippen LogP contribution >= 0.6 is 11.6 Å². The van der Waals surface area contributed by atoms with Gasteiger partial charge >= 0.3 is 0 Å². The van der Waals surface area contributed by atoms with Gasteiger partial charge in [0.15, 0.2) is 0 Å². The number of fused-ring (bicyclic) bond motifs is 2. The second kappa shape index (κ2) is 6.29. The molecule has 0 bridgehead atoms. The van der Waals surface area contributed by atoms with Gasteiger partial charge in [0.25, 0.3) is 0 Å². The van der Waals surface area contributed by atoms with Crippen LogP contribution < -0.4 is 4.74 Å². The van der Waals surface area contributed by atoms with E-state index in [0.29, 0.717) is 0 Å². The normalized spacial score (nSPS) is 14.0. The van der Waals surface area contributed by atoms with Crippen molar-refractivity contribution in [3.63, 3.8) is 0 Å². The smallest absolute Gasteiger partial charge is 0.132 e. The summed E-state index contributed by atoms with van der Waals surface area (Å²) in [4.78, 5) is 0. The first-order chi connectivity index (χ1) is 13.3. The van der Waals surface area contributed by atoms with Gasteiger partial charge in [-0.15, -0.1) is 0 Å². The minimum Gasteiger partial charge on any atom is -0.457 e. The fourth-order valence-electron chi connectivity index (χ4n) is 4.20. The van der Waals surface area contributed by atoms with Gasteiger partial charge in [0.05, 0.1) is 5.41 Å². The highest BCUT2D eigenvalue weighted by Crippen LogP contribution is 2.56. The summed E-state index contributed by atoms with van der Waals surface area (Å²) in [6.07, 6.45) is 0. The van der Waals surface area contributed by atoms with E-state index in [1.54, 1.807) is 0 Å². The van der Waals surface area contributed by atoms with Gasteiger partial charge in [-0.3, -0.25) is 0 Å². The van der Waals surface area contributed by atoms with E-state index in [1.165, 1.54) is 5.56 Å². The fourth-order valence-corrected chi connectivity index (χ4v) is 4.48. The number of hydrogen-bond acceptors (Lipinski definition) is 1. The third-order valence-electron chi connectivity index (χ3n) is 5.29. The summed E-state index contributed by atoms with van der Waals surface area (Å²) < 4.78 is 6.27. The number of ether oxygens (including phenoxy) is 1. The third kappa shape index (κ3) is 2.32. The molecule has 2 heteroatoms. The Bertz CT molecular complexity index is 1050. The average molecular weight is 369 g/mol. The molecule has 130 valence electrons. The lowest BCUT2D eigenvalue weighted by Crippen LogP contribution is -2.34. The number of para-hydroxylation sites is 2. The summed E-state index contributed by atoms with van der Waals surface area (Å²) in [6.45, 7) is 0. The molecule has 0 N–H and O–H groups in total. The van der Waals surface area contributed by atoms with Gasteiger partial charge < -0.3 is 4.74 Å². The molecule has 5 rings (SSSR count). The summed E-state index contributed by atoms with van der Waals surface area (Å²) in [5.41, 5.74) is 3.89. The van der Waals surface area contributed by atoms with Gasteiger partial charge in [-0.05, 0) is 29.3 Å². The highest BCUT2D eigenvalue weighted by atomic mass is 35.5. The molecule has 1 heterocycles. The Morgan fingerprint density at radius 3 is 1.59 bits per heavy atom. The van der Waals surface area contributed by atoms with Crippen LogP contribution in [0.5, 0.6) is 11.5 Å². The van der Waals surface area contributed by atoms with Crippen molar-refractivity contribution in [3.8, 4) is 11.5 Å². The van der Waals surface area contributed by atoms with E-state index < -0.39 is 5.41 Å². The van der Waals surface area contributed by atoms with Crippen molar-refractivity contribution >= 4 is 11.6 Å². The summed E-state index contributed by atoms with van der Waals surface area (Å²) in [7, 11) is 0. The number of hydrogen-bond donors (Lipinski definition) is 0. The van der Waals surface area contributed by atoms with Crippen molar-refractivity contribution in [2.45, 2.75) is 5.41 Å². The molecule has 0 unspecified atom stereocenters. The van der Waals surface area contributed by atoms with E-state index >= 15 is 0 Å². The van der Waals surface area contributed by atoms with E-state index in [9.17, 15) is 0 Å². The topological polar surface area (TPSA) is 9.23 Å². The lowest BCUT2D eigenvalue weighted by Gasteiger charge is -2.41. The maximum Gasteiger partial charge on any atom is 0.132 e. The standard InChI is InChI=1S/C25H17ClO/c26-22-15-7-4-12-19(22)25(18-10-2-1-3-11-18)20-13-5-8-16-23(20)27-24-17-9-6-14-21(24)25/h1-17H. The largest absolute Gasteiger partial charge is 0.457 e. The van der Waals surface area contributed by atoms with E-state index in [4.69, 9.17) is 16.3 Å². The highest BCUT2D eigenvalue weighted by Gasteiger charge is 2.45. The summed E-state index contributed by atoms with van der Waals surface area (Å²) in [5.74, 6) is 1.72. The van der Waals surface area contributed by atoms with Crippen LogP contribution in [0.25, 0.3) is 0 Å². The molecule has 0 aliphatic carbocycles. The molecule has 1 nitrogen and oxygen atoms in total. The quantitative estimate of drug-likeness (QED) is 0.332. The van der Waals surface area contributed by atoms with Gasteiger partial charge in [0.2, 0.25) is 0 Å². The maximum absolute atomic E-state index is 6.79. The maximum atomic E-state index is 6.79. The van der Waals surface area contributed by atoms with Crippen molar-refractivity contribution in [3.05, 3.63) is 130 Å². The number of rotatable bonds is 2. The number of benzene rings is 4. The molecule has 0 atom stereocenters. The third-order valence-corrected chi connectivity index (χ3v) is 5.62. The molecule has 0 radical (unpaired) electrons. The van der Waals surface area contributed by atoms with E-state index in [1.807, 2.05) is 48.5 Å². The molecule has 4 aromatic carbocycles. The zero-order valence-corrected chi connectivity index (χ0v) is 15.4. The Kier molecular flexibility index (Phi) is 3.77. The molecule has 0 saturated carbocycles. The van der Waals surface area contributed by atoms with Gasteiger partial charge in [0.1, 0.15) is 11.5 Å². The van der Waals surface area contributed by atoms with Crippen LogP contribution in [0.1, 0.15) is 22.3 Å². The van der Waals surface area contributed by atoms with Crippen LogP contribution in [0, 0.1) is 0 Å². The van der Waals surface area contributed by atoms with Gasteiger partial charge in [-0.2, -0.15) is 0 Å².